The Balaban J connectivity index is 0.000000249. The minimum Gasteiger partial charge on any atom is -0.870 e. The topological polar surface area (TPSA) is 371 Å². The second kappa shape index (κ2) is 33.5. The van der Waals surface area contributed by atoms with Gasteiger partial charge in [0, 0.05) is 24.7 Å². The number of fused-ring (bicyclic) bond motifs is 6. The van der Waals surface area contributed by atoms with Crippen LogP contribution in [0.1, 0.15) is 138 Å². The second-order valence-corrected chi connectivity index (χ2v) is 29.6. The van der Waals surface area contributed by atoms with Crippen molar-refractivity contribution in [3.05, 3.63) is 108 Å². The van der Waals surface area contributed by atoms with Gasteiger partial charge in [0.15, 0.2) is 0 Å². The van der Waals surface area contributed by atoms with Gasteiger partial charge in [0.2, 0.25) is 35.4 Å². The van der Waals surface area contributed by atoms with Crippen molar-refractivity contribution < 1.29 is 97.0 Å². The van der Waals surface area contributed by atoms with Crippen LogP contribution in [0.15, 0.2) is 108 Å². The minimum atomic E-state index is -1.44. The van der Waals surface area contributed by atoms with E-state index in [1.54, 1.807) is 48.5 Å². The van der Waals surface area contributed by atoms with Crippen molar-refractivity contribution in [3.8, 4) is 32.9 Å². The first kappa shape index (κ1) is 78.2. The standard InChI is InChI=1S/C37H45N5O7S.C35H41N5O7S.Li.2H2O/c1-5-47-34(45)37-21-23(37)14-9-7-6-8-10-17-27(40-35(46)49-36(2,3)4)33(44)42-22-24(20-28(42)31(43)41-37)48-32-30(29-18-13-19-50-29)38-25-15-11-12-16-26(25)39-32;1-34(2,3)47-33(45)38-25-15-8-6-4-5-7-12-21-19-35(21,32(43)44)39-29(41)26-18-22(20-40(26)31(25)42)46-30-28(27-16-11-17-48-27)36-23-13-9-10-14-24(23)37-30;;;/h9,11-16,18-19,23-24,27-28H,5-8,10,17,20-22H2,1-4H3,(H,40,46)(H,41,43);7,9-14,16-17,21-22,25-26H,4-6,8,15,18-20H2,1-3H3,(H,38,45)(H,39,41)(H,43,44);;2*1H2/q;;+1;;/p-1/b14-9-;12-7-;;;/t23-,24?,27+,28+,37-;21-,22?,25+,26+,35-;;;/m11.../s1. The molecule has 6 aromatic rings. The zero-order valence-electron chi connectivity index (χ0n) is 58.2. The molecule has 10 atom stereocenters. The van der Waals surface area contributed by atoms with Crippen LogP contribution in [0.5, 0.6) is 11.8 Å². The van der Waals surface area contributed by atoms with Gasteiger partial charge in [0.1, 0.15) is 70.0 Å². The first-order valence-electron chi connectivity index (χ1n) is 33.8. The zero-order valence-corrected chi connectivity index (χ0v) is 59.9. The van der Waals surface area contributed by atoms with Crippen molar-refractivity contribution in [1.82, 2.24) is 51.0 Å². The van der Waals surface area contributed by atoms with E-state index < -0.39 is 106 Å². The maximum absolute atomic E-state index is 14.4. The molecule has 2 unspecified atom stereocenters. The summed E-state index contributed by atoms with van der Waals surface area (Å²) in [7, 11) is 0. The molecule has 29 heteroatoms. The molecule has 8 heterocycles. The van der Waals surface area contributed by atoms with Crippen molar-refractivity contribution in [1.29, 1.82) is 0 Å². The van der Waals surface area contributed by atoms with Crippen LogP contribution in [-0.2, 0) is 43.0 Å². The van der Waals surface area contributed by atoms with Gasteiger partial charge in [-0.25, -0.2) is 39.1 Å². The number of hydrogen-bond donors (Lipinski definition) is 5. The normalized spacial score (nSPS) is 26.0. The van der Waals surface area contributed by atoms with Gasteiger partial charge in [-0.3, -0.25) is 19.2 Å². The maximum Gasteiger partial charge on any atom is 1.00 e. The average Bonchev–Trinajstić information content (AvgIpc) is 1.59. The molecule has 8 N–H and O–H groups in total. The van der Waals surface area contributed by atoms with Crippen molar-refractivity contribution in [3.63, 3.8) is 0 Å². The van der Waals surface area contributed by atoms with Gasteiger partial charge in [0.25, 0.3) is 0 Å². The van der Waals surface area contributed by atoms with Gasteiger partial charge in [0.05, 0.1) is 51.5 Å². The Bertz CT molecular complexity index is 4000. The number of thiophene rings is 2. The van der Waals surface area contributed by atoms with E-state index in [1.807, 2.05) is 108 Å². The molecule has 2 aromatic carbocycles. The van der Waals surface area contributed by atoms with Crippen LogP contribution in [0.4, 0.5) is 9.59 Å². The number of ether oxygens (including phenoxy) is 5. The number of carbonyl (C=O) groups is 8. The van der Waals surface area contributed by atoms with Crippen LogP contribution in [0.3, 0.4) is 0 Å². The van der Waals surface area contributed by atoms with E-state index in [4.69, 9.17) is 43.6 Å². The van der Waals surface area contributed by atoms with Crippen LogP contribution in [0, 0.1) is 11.8 Å². The molecular formula is C72H89LiN10O16S2. The number of nitrogens with zero attached hydrogens (tertiary/aromatic N) is 6. The molecule has 4 fully saturated rings. The number of aliphatic carboxylic acids is 1. The third-order valence-electron chi connectivity index (χ3n) is 18.0. The third kappa shape index (κ3) is 19.0. The van der Waals surface area contributed by atoms with Gasteiger partial charge in [-0.1, -0.05) is 86.4 Å². The largest absolute Gasteiger partial charge is 1.00 e. The molecule has 4 aliphatic heterocycles. The summed E-state index contributed by atoms with van der Waals surface area (Å²) in [4.78, 5) is 132. The molecule has 2 saturated carbocycles. The summed E-state index contributed by atoms with van der Waals surface area (Å²) in [6.07, 6.45) is 12.9. The molecule has 4 aromatic heterocycles. The third-order valence-corrected chi connectivity index (χ3v) is 19.8. The number of allylic oxidation sites excluding steroid dienone is 2. The molecule has 101 heavy (non-hydrogen) atoms. The number of esters is 1. The minimum absolute atomic E-state index is 0. The Kier molecular flexibility index (Phi) is 25.9. The van der Waals surface area contributed by atoms with Gasteiger partial charge in [-0.05, 0) is 147 Å². The van der Waals surface area contributed by atoms with Gasteiger partial charge in [-0.2, -0.15) is 0 Å². The van der Waals surface area contributed by atoms with Crippen LogP contribution < -0.4 is 49.6 Å². The molecule has 0 spiro atoms. The smallest absolute Gasteiger partial charge is 0.870 e. The SMILES string of the molecule is CC(C)(C)OC(=O)N[C@H]1CCCCC/C=C\[C@@H]2C[C@@]2(C(=O)O)NC(=O)[C@@H]2CC(Oc3nc4ccccc4nc3-c3cccs3)CN2C1=O.CCOC(=O)[C@@]12C[C@H]1/C=C\CCCCC[C@H](NC(=O)OC(C)(C)C)C(=O)N1CC(Oc3nc4ccccc4nc3-c3cccs3)C[C@H]1C(=O)N2.O.[Li+].[OH-]. The molecule has 6 amide bonds. The fraction of sp³-hybridized carbons (Fsp3) is 0.500. The molecule has 2 aliphatic carbocycles. The number of amides is 6. The second-order valence-electron chi connectivity index (χ2n) is 27.7. The predicted molar refractivity (Wildman–Crippen MR) is 373 cm³/mol. The quantitative estimate of drug-likeness (QED) is 0.0392. The Morgan fingerprint density at radius 3 is 1.40 bits per heavy atom. The Hall–Kier alpha value is -8.52. The number of hydrogen-bond acceptors (Lipinski definition) is 20. The Morgan fingerprint density at radius 2 is 1.00 bits per heavy atom. The summed E-state index contributed by atoms with van der Waals surface area (Å²) in [6.45, 7) is 12.5. The molecule has 6 aliphatic rings. The Morgan fingerprint density at radius 1 is 0.594 bits per heavy atom. The van der Waals surface area contributed by atoms with E-state index in [0.717, 1.165) is 48.3 Å². The van der Waals surface area contributed by atoms with Gasteiger partial charge in [-0.15, -0.1) is 22.7 Å². The zero-order chi connectivity index (χ0) is 69.5. The van der Waals surface area contributed by atoms with Crippen LogP contribution in [0.25, 0.3) is 43.2 Å². The number of carboxylic acid groups (broad SMARTS) is 1. The van der Waals surface area contributed by atoms with Crippen molar-refractivity contribution >= 4 is 92.5 Å². The fourth-order valence-electron chi connectivity index (χ4n) is 13.0. The van der Waals surface area contributed by atoms with Crippen LogP contribution in [0.2, 0.25) is 0 Å². The predicted octanol–water partition coefficient (Wildman–Crippen LogP) is 6.64. The summed E-state index contributed by atoms with van der Waals surface area (Å²) < 4.78 is 29.4. The fourth-order valence-corrected chi connectivity index (χ4v) is 14.4. The first-order valence-corrected chi connectivity index (χ1v) is 35.6. The number of carbonyl (C=O) groups excluding carboxylic acids is 7. The van der Waals surface area contributed by atoms with E-state index in [9.17, 15) is 43.5 Å². The molecule has 0 bridgehead atoms. The van der Waals surface area contributed by atoms with Gasteiger partial charge < -0.3 is 70.8 Å². The molecular weight excluding hydrogens is 1330 g/mol. The Labute approximate surface area is 606 Å². The number of aromatic nitrogens is 4. The number of nitrogens with one attached hydrogen (secondary N) is 4. The van der Waals surface area contributed by atoms with E-state index >= 15 is 0 Å². The van der Waals surface area contributed by atoms with E-state index in [2.05, 4.69) is 21.3 Å². The maximum atomic E-state index is 14.4. The van der Waals surface area contributed by atoms with Crippen molar-refractivity contribution in [2.75, 3.05) is 19.7 Å². The van der Waals surface area contributed by atoms with Crippen molar-refractivity contribution in [2.45, 2.75) is 197 Å². The van der Waals surface area contributed by atoms with Crippen LogP contribution in [-0.4, -0.2) is 172 Å². The molecule has 26 nitrogen and oxygen atoms in total. The van der Waals surface area contributed by atoms with E-state index in [1.165, 1.54) is 32.5 Å². The number of benzene rings is 2. The monoisotopic (exact) mass is 1420 g/mol. The molecule has 0 radical (unpaired) electrons. The van der Waals surface area contributed by atoms with Gasteiger partial charge >= 0.3 is 43.0 Å². The van der Waals surface area contributed by atoms with E-state index in [-0.39, 0.29) is 86.5 Å². The number of carboxylic acids is 1. The number of para-hydroxylation sites is 4. The van der Waals surface area contributed by atoms with Crippen molar-refractivity contribution in [2.24, 2.45) is 11.8 Å². The summed E-state index contributed by atoms with van der Waals surface area (Å²) in [6, 6.07) is 18.7. The average molecular weight is 1420 g/mol. The summed E-state index contributed by atoms with van der Waals surface area (Å²) in [5.41, 5.74) is -0.382. The van der Waals surface area contributed by atoms with E-state index in [0.29, 0.717) is 71.4 Å². The summed E-state index contributed by atoms with van der Waals surface area (Å²) in [5.74, 6) is -3.54. The summed E-state index contributed by atoms with van der Waals surface area (Å²) in [5, 5.41) is 25.3. The number of rotatable bonds is 11. The van der Waals surface area contributed by atoms with Crippen LogP contribution >= 0.6 is 22.7 Å². The molecule has 536 valence electrons. The first-order chi connectivity index (χ1) is 46.9. The summed E-state index contributed by atoms with van der Waals surface area (Å²) >= 11 is 2.99. The molecule has 12 rings (SSSR count). The number of alkyl carbamates (subject to hydrolysis) is 2. The molecule has 2 saturated heterocycles.